The van der Waals surface area contributed by atoms with Gasteiger partial charge in [0.1, 0.15) is 17.5 Å². The van der Waals surface area contributed by atoms with Gasteiger partial charge in [-0.1, -0.05) is 12.6 Å². The lowest BCUT2D eigenvalue weighted by Crippen LogP contribution is -2.21. The van der Waals surface area contributed by atoms with E-state index in [1.807, 2.05) is 0 Å². The molecule has 0 saturated heterocycles. The van der Waals surface area contributed by atoms with E-state index < -0.39 is 29.7 Å². The SMILES string of the molecule is C=CC(=O)Nc1ccc(F)c(Nc2nc(Nc3cnn(C)c3)ncc2-c2ccc(F)c(Br)c2)c1.O=C(O)C(F)(F)F. The molecule has 2 heterocycles. The van der Waals surface area contributed by atoms with Crippen molar-refractivity contribution in [2.45, 2.75) is 6.18 Å². The molecule has 16 heteroatoms. The number of carbonyl (C=O) groups is 2. The second kappa shape index (κ2) is 13.0. The van der Waals surface area contributed by atoms with Gasteiger partial charge in [-0.3, -0.25) is 9.48 Å². The zero-order valence-corrected chi connectivity index (χ0v) is 22.4. The number of carboxylic acids is 1. The molecule has 0 unspecified atom stereocenters. The van der Waals surface area contributed by atoms with Crippen LogP contribution in [0.3, 0.4) is 0 Å². The molecule has 4 aromatic rings. The van der Waals surface area contributed by atoms with Gasteiger partial charge in [-0.15, -0.1) is 0 Å². The van der Waals surface area contributed by atoms with Crippen molar-refractivity contribution in [2.75, 3.05) is 16.0 Å². The van der Waals surface area contributed by atoms with Crippen molar-refractivity contribution in [3.8, 4) is 11.1 Å². The maximum atomic E-state index is 14.7. The lowest BCUT2D eigenvalue weighted by Gasteiger charge is -2.15. The number of anilines is 5. The van der Waals surface area contributed by atoms with Crippen LogP contribution >= 0.6 is 15.9 Å². The molecule has 1 amide bonds. The number of hydrogen-bond acceptors (Lipinski definition) is 7. The molecule has 0 aliphatic rings. The third-order valence-corrected chi connectivity index (χ3v) is 5.50. The highest BCUT2D eigenvalue weighted by atomic mass is 79.9. The van der Waals surface area contributed by atoms with Crippen LogP contribution in [0.15, 0.2) is 72.1 Å². The highest BCUT2D eigenvalue weighted by molar-refractivity contribution is 9.10. The number of carboxylic acid groups (broad SMARTS) is 1. The van der Waals surface area contributed by atoms with Crippen LogP contribution in [0.25, 0.3) is 11.1 Å². The van der Waals surface area contributed by atoms with Crippen LogP contribution < -0.4 is 16.0 Å². The Kier molecular flexibility index (Phi) is 9.72. The smallest absolute Gasteiger partial charge is 0.475 e. The Balaban J connectivity index is 0.000000587. The molecule has 0 fully saturated rings. The van der Waals surface area contributed by atoms with Gasteiger partial charge in [-0.25, -0.2) is 18.6 Å². The Bertz CT molecular complexity index is 1590. The predicted molar refractivity (Wildman–Crippen MR) is 144 cm³/mol. The molecule has 0 spiro atoms. The van der Waals surface area contributed by atoms with Crippen molar-refractivity contribution in [1.82, 2.24) is 19.7 Å². The molecule has 4 rings (SSSR count). The van der Waals surface area contributed by atoms with Crippen LogP contribution in [0.4, 0.5) is 50.8 Å². The lowest BCUT2D eigenvalue weighted by atomic mass is 10.1. The van der Waals surface area contributed by atoms with Crippen molar-refractivity contribution < 1.29 is 36.6 Å². The first kappa shape index (κ1) is 30.7. The number of aliphatic carboxylic acids is 1. The van der Waals surface area contributed by atoms with Gasteiger partial charge in [0, 0.05) is 30.7 Å². The van der Waals surface area contributed by atoms with E-state index in [4.69, 9.17) is 9.90 Å². The molecule has 0 radical (unpaired) electrons. The van der Waals surface area contributed by atoms with Gasteiger partial charge in [-0.05, 0) is 57.9 Å². The first-order valence-electron chi connectivity index (χ1n) is 11.1. The zero-order chi connectivity index (χ0) is 30.3. The molecule has 10 nitrogen and oxygen atoms in total. The summed E-state index contributed by atoms with van der Waals surface area (Å²) in [5.41, 5.74) is 2.18. The van der Waals surface area contributed by atoms with Crippen molar-refractivity contribution in [3.05, 3.63) is 83.8 Å². The highest BCUT2D eigenvalue weighted by Gasteiger charge is 2.38. The maximum Gasteiger partial charge on any atom is 0.490 e. The fourth-order valence-electron chi connectivity index (χ4n) is 3.05. The normalized spacial score (nSPS) is 10.7. The monoisotopic (exact) mass is 639 g/mol. The predicted octanol–water partition coefficient (Wildman–Crippen LogP) is 6.16. The largest absolute Gasteiger partial charge is 0.490 e. The Morgan fingerprint density at radius 1 is 1.05 bits per heavy atom. The topological polar surface area (TPSA) is 134 Å². The van der Waals surface area contributed by atoms with Crippen molar-refractivity contribution in [2.24, 2.45) is 7.05 Å². The standard InChI is InChI=1S/C23H18BrF2N7O.C2HF3O2/c1-3-21(34)29-14-5-7-19(26)20(9-14)31-22-16(13-4-6-18(25)17(24)8-13)11-27-23(32-22)30-15-10-28-33(2)12-15;3-2(4,5)1(6)7/h3-12H,1H2,2H3,(H,29,34)(H2,27,30,31,32);(H,6,7). The molecule has 214 valence electrons. The summed E-state index contributed by atoms with van der Waals surface area (Å²) in [6, 6.07) is 8.51. The van der Waals surface area contributed by atoms with Crippen LogP contribution in [-0.2, 0) is 16.6 Å². The first-order valence-corrected chi connectivity index (χ1v) is 11.9. The van der Waals surface area contributed by atoms with Gasteiger partial charge in [0.2, 0.25) is 11.9 Å². The van der Waals surface area contributed by atoms with Gasteiger partial charge in [0.25, 0.3) is 0 Å². The van der Waals surface area contributed by atoms with Crippen molar-refractivity contribution in [3.63, 3.8) is 0 Å². The second-order valence-electron chi connectivity index (χ2n) is 7.93. The van der Waals surface area contributed by atoms with Crippen LogP contribution in [0, 0.1) is 11.6 Å². The minimum Gasteiger partial charge on any atom is -0.475 e. The molecule has 0 bridgehead atoms. The van der Waals surface area contributed by atoms with Crippen LogP contribution in [0.2, 0.25) is 0 Å². The number of carbonyl (C=O) groups excluding carboxylic acids is 1. The first-order chi connectivity index (χ1) is 19.3. The zero-order valence-electron chi connectivity index (χ0n) is 20.8. The number of aryl methyl sites for hydroxylation is 1. The molecule has 0 atom stereocenters. The number of halogens is 6. The molecule has 2 aromatic carbocycles. The molecule has 0 saturated carbocycles. The van der Waals surface area contributed by atoms with Gasteiger partial charge in [0.15, 0.2) is 0 Å². The molecule has 41 heavy (non-hydrogen) atoms. The van der Waals surface area contributed by atoms with Crippen LogP contribution in [0.1, 0.15) is 0 Å². The third kappa shape index (κ3) is 8.56. The maximum absolute atomic E-state index is 14.7. The molecule has 2 aromatic heterocycles. The Morgan fingerprint density at radius 2 is 1.73 bits per heavy atom. The molecule has 0 aliphatic heterocycles. The van der Waals surface area contributed by atoms with E-state index >= 15 is 0 Å². The van der Waals surface area contributed by atoms with E-state index in [0.717, 1.165) is 6.08 Å². The summed E-state index contributed by atoms with van der Waals surface area (Å²) >= 11 is 3.18. The number of rotatable bonds is 7. The number of benzene rings is 2. The van der Waals surface area contributed by atoms with E-state index in [2.05, 4.69) is 53.5 Å². The molecule has 0 aliphatic carbocycles. The quantitative estimate of drug-likeness (QED) is 0.139. The fourth-order valence-corrected chi connectivity index (χ4v) is 3.43. The van der Waals surface area contributed by atoms with E-state index in [1.54, 1.807) is 36.3 Å². The molecular weight excluding hydrogens is 621 g/mol. The summed E-state index contributed by atoms with van der Waals surface area (Å²) in [6.45, 7) is 3.41. The summed E-state index contributed by atoms with van der Waals surface area (Å²) in [5.74, 6) is -3.69. The summed E-state index contributed by atoms with van der Waals surface area (Å²) in [7, 11) is 1.77. The molecule has 4 N–H and O–H groups in total. The average molecular weight is 640 g/mol. The number of aromatic nitrogens is 4. The van der Waals surface area contributed by atoms with E-state index in [-0.39, 0.29) is 21.9 Å². The second-order valence-corrected chi connectivity index (χ2v) is 8.78. The van der Waals surface area contributed by atoms with Gasteiger partial charge < -0.3 is 21.1 Å². The average Bonchev–Trinajstić information content (AvgIpc) is 3.32. The highest BCUT2D eigenvalue weighted by Crippen LogP contribution is 2.33. The van der Waals surface area contributed by atoms with Crippen LogP contribution in [-0.4, -0.2) is 42.9 Å². The fraction of sp³-hybridized carbons (Fsp3) is 0.0800. The number of amides is 1. The van der Waals surface area contributed by atoms with Gasteiger partial charge in [-0.2, -0.15) is 23.3 Å². The van der Waals surface area contributed by atoms with E-state index in [0.29, 0.717) is 22.5 Å². The minimum absolute atomic E-state index is 0.0651. The number of nitrogens with zero attached hydrogens (tertiary/aromatic N) is 4. The number of hydrogen-bond donors (Lipinski definition) is 4. The Labute approximate surface area is 237 Å². The van der Waals surface area contributed by atoms with Crippen molar-refractivity contribution in [1.29, 1.82) is 0 Å². The summed E-state index contributed by atoms with van der Waals surface area (Å²) in [6.07, 6.45) is 0.913. The Morgan fingerprint density at radius 3 is 2.32 bits per heavy atom. The third-order valence-electron chi connectivity index (χ3n) is 4.90. The summed E-state index contributed by atoms with van der Waals surface area (Å²) in [4.78, 5) is 29.4. The van der Waals surface area contributed by atoms with E-state index in [1.165, 1.54) is 30.5 Å². The summed E-state index contributed by atoms with van der Waals surface area (Å²) in [5, 5.41) is 19.8. The number of alkyl halides is 3. The summed E-state index contributed by atoms with van der Waals surface area (Å²) < 4.78 is 62.1. The van der Waals surface area contributed by atoms with Crippen molar-refractivity contribution >= 4 is 56.6 Å². The molecular formula is C25H19BrF5N7O3. The van der Waals surface area contributed by atoms with E-state index in [9.17, 15) is 26.7 Å². The Hall–Kier alpha value is -4.86. The minimum atomic E-state index is -5.08. The van der Waals surface area contributed by atoms with Crippen LogP contribution in [0.5, 0.6) is 0 Å². The number of nitrogens with one attached hydrogen (secondary N) is 3. The van der Waals surface area contributed by atoms with Gasteiger partial charge in [0.05, 0.1) is 22.0 Å². The lowest BCUT2D eigenvalue weighted by molar-refractivity contribution is -0.192. The van der Waals surface area contributed by atoms with Gasteiger partial charge >= 0.3 is 12.1 Å².